The number of aryl methyl sites for hydroxylation is 1. The predicted molar refractivity (Wildman–Crippen MR) is 119 cm³/mol. The second-order valence-electron chi connectivity index (χ2n) is 7.31. The molecule has 3 N–H and O–H groups in total. The quantitative estimate of drug-likeness (QED) is 0.566. The van der Waals surface area contributed by atoms with E-state index in [0.717, 1.165) is 37.8 Å². The van der Waals surface area contributed by atoms with E-state index in [9.17, 15) is 4.79 Å². The number of anilines is 1. The summed E-state index contributed by atoms with van der Waals surface area (Å²) in [5.41, 5.74) is 9.54. The molecule has 1 amide bonds. The van der Waals surface area contributed by atoms with Crippen LogP contribution in [0.1, 0.15) is 48.5 Å². The Morgan fingerprint density at radius 3 is 3.00 bits per heavy atom. The molecule has 3 aromatic rings. The maximum Gasteiger partial charge on any atom is 0.257 e. The van der Waals surface area contributed by atoms with Crippen molar-refractivity contribution in [1.82, 2.24) is 10.2 Å². The number of aromatic nitrogens is 2. The summed E-state index contributed by atoms with van der Waals surface area (Å²) < 4.78 is 5.32. The van der Waals surface area contributed by atoms with Gasteiger partial charge in [-0.1, -0.05) is 24.3 Å². The van der Waals surface area contributed by atoms with Gasteiger partial charge in [-0.05, 0) is 74.4 Å². The van der Waals surface area contributed by atoms with Gasteiger partial charge in [-0.2, -0.15) is 0 Å². The molecule has 1 aliphatic heterocycles. The fraction of sp³-hybridized carbons (Fsp3) is 0.364. The van der Waals surface area contributed by atoms with Gasteiger partial charge in [0.05, 0.1) is 12.0 Å². The Hall–Kier alpha value is -2.84. The van der Waals surface area contributed by atoms with Crippen molar-refractivity contribution in [2.45, 2.75) is 39.0 Å². The summed E-state index contributed by atoms with van der Waals surface area (Å²) in [6.07, 6.45) is 6.60. The molecule has 2 aromatic heterocycles. The van der Waals surface area contributed by atoms with Gasteiger partial charge < -0.3 is 10.2 Å². The Morgan fingerprint density at radius 1 is 1.33 bits per heavy atom. The second kappa shape index (κ2) is 9.32. The maximum atomic E-state index is 12.8. The summed E-state index contributed by atoms with van der Waals surface area (Å²) in [4.78, 5) is 17.7. The highest BCUT2D eigenvalue weighted by molar-refractivity contribution is 7.18. The molecular formula is C22H25N5O2S. The van der Waals surface area contributed by atoms with Gasteiger partial charge in [-0.25, -0.2) is 0 Å². The average molecular weight is 424 g/mol. The molecule has 0 radical (unpaired) electrons. The number of carbonyl (C=O) groups is 1. The van der Waals surface area contributed by atoms with Gasteiger partial charge in [0.2, 0.25) is 5.13 Å². The molecule has 8 heteroatoms. The second-order valence-corrected chi connectivity index (χ2v) is 8.29. The van der Waals surface area contributed by atoms with E-state index in [4.69, 9.17) is 15.1 Å². The summed E-state index contributed by atoms with van der Waals surface area (Å²) in [7, 11) is 0. The number of amides is 1. The van der Waals surface area contributed by atoms with Crippen LogP contribution < -0.4 is 11.1 Å². The highest BCUT2D eigenvalue weighted by atomic mass is 32.1. The molecule has 0 aliphatic carbocycles. The van der Waals surface area contributed by atoms with Crippen molar-refractivity contribution < 1.29 is 9.21 Å². The summed E-state index contributed by atoms with van der Waals surface area (Å²) in [6, 6.07) is 9.34. The number of hydrogen-bond donors (Lipinski definition) is 2. The van der Waals surface area contributed by atoms with Crippen LogP contribution in [-0.4, -0.2) is 28.4 Å². The normalized spacial score (nSPS) is 15.9. The van der Waals surface area contributed by atoms with Crippen LogP contribution in [0.4, 0.5) is 10.8 Å². The molecule has 1 aromatic carbocycles. The lowest BCUT2D eigenvalue weighted by molar-refractivity contribution is 0.102. The first-order valence-electron chi connectivity index (χ1n) is 10.3. The number of aliphatic imine (C=N–C) groups is 1. The Labute approximate surface area is 179 Å². The van der Waals surface area contributed by atoms with Gasteiger partial charge >= 0.3 is 0 Å². The molecular weight excluding hydrogens is 398 g/mol. The number of benzene rings is 1. The van der Waals surface area contributed by atoms with E-state index in [1.807, 2.05) is 24.3 Å². The molecule has 4 rings (SSSR count). The minimum atomic E-state index is -0.225. The largest absolute Gasteiger partial charge is 0.462 e. The van der Waals surface area contributed by atoms with E-state index < -0.39 is 0 Å². The number of hydrogen-bond acceptors (Lipinski definition) is 7. The molecule has 0 spiro atoms. The molecule has 1 aliphatic rings. The third kappa shape index (κ3) is 4.49. The number of nitrogens with two attached hydrogens (primary N) is 1. The number of carbonyl (C=O) groups excluding carboxylic acids is 1. The lowest BCUT2D eigenvalue weighted by atomic mass is 9.90. The zero-order chi connectivity index (χ0) is 20.9. The van der Waals surface area contributed by atoms with Crippen LogP contribution in [0.25, 0.3) is 10.8 Å². The average Bonchev–Trinajstić information content (AvgIpc) is 3.41. The summed E-state index contributed by atoms with van der Waals surface area (Å²) >= 11 is 1.27. The van der Waals surface area contributed by atoms with Gasteiger partial charge in [-0.15, -0.1) is 10.2 Å². The molecule has 0 bridgehead atoms. The van der Waals surface area contributed by atoms with Crippen LogP contribution in [0, 0.1) is 5.92 Å². The Bertz CT molecular complexity index is 1040. The first-order valence-corrected chi connectivity index (χ1v) is 11.1. The van der Waals surface area contributed by atoms with Crippen molar-refractivity contribution in [2.24, 2.45) is 16.6 Å². The third-order valence-corrected chi connectivity index (χ3v) is 6.19. The first kappa shape index (κ1) is 20.4. The first-order chi connectivity index (χ1) is 14.7. The maximum absolute atomic E-state index is 12.8. The molecule has 1 unspecified atom stereocenters. The van der Waals surface area contributed by atoms with Crippen LogP contribution in [0.5, 0.6) is 0 Å². The van der Waals surface area contributed by atoms with Crippen LogP contribution in [0.3, 0.4) is 0 Å². The van der Waals surface area contributed by atoms with Crippen LogP contribution in [-0.2, 0) is 6.42 Å². The Kier molecular flexibility index (Phi) is 6.35. The SMILES string of the molecule is CCC1=Nc2cc(C(=O)Nc3nnc(-c4ccco4)s3)ccc2CCC1CCCN. The lowest BCUT2D eigenvalue weighted by Gasteiger charge is -2.15. The number of furan rings is 1. The highest BCUT2D eigenvalue weighted by Gasteiger charge is 2.21. The van der Waals surface area contributed by atoms with Crippen molar-refractivity contribution >= 4 is 33.8 Å². The van der Waals surface area contributed by atoms with E-state index in [0.29, 0.717) is 33.9 Å². The molecule has 30 heavy (non-hydrogen) atoms. The lowest BCUT2D eigenvalue weighted by Crippen LogP contribution is -2.15. The van der Waals surface area contributed by atoms with Crippen molar-refractivity contribution in [3.63, 3.8) is 0 Å². The standard InChI is InChI=1S/C22H25N5O2S/c1-2-17-14(5-3-11-23)7-8-15-9-10-16(13-18(15)24-17)20(28)25-22-27-26-21(30-22)19-6-4-12-29-19/h4,6,9-10,12-14H,2-3,5,7-8,11,23H2,1H3,(H,25,27,28). The van der Waals surface area contributed by atoms with E-state index >= 15 is 0 Å². The monoisotopic (exact) mass is 423 g/mol. The molecule has 0 saturated heterocycles. The molecule has 0 saturated carbocycles. The zero-order valence-corrected chi connectivity index (χ0v) is 17.7. The zero-order valence-electron chi connectivity index (χ0n) is 16.9. The third-order valence-electron chi connectivity index (χ3n) is 5.34. The summed E-state index contributed by atoms with van der Waals surface area (Å²) in [5, 5.41) is 12.0. The van der Waals surface area contributed by atoms with E-state index in [1.165, 1.54) is 22.6 Å². The number of nitrogens with zero attached hydrogens (tertiary/aromatic N) is 3. The Balaban J connectivity index is 1.52. The van der Waals surface area contributed by atoms with Crippen molar-refractivity contribution in [2.75, 3.05) is 11.9 Å². The van der Waals surface area contributed by atoms with Gasteiger partial charge in [0, 0.05) is 11.3 Å². The number of nitrogens with one attached hydrogen (secondary N) is 1. The molecule has 7 nitrogen and oxygen atoms in total. The van der Waals surface area contributed by atoms with Crippen molar-refractivity contribution in [1.29, 1.82) is 0 Å². The van der Waals surface area contributed by atoms with Gasteiger partial charge in [-0.3, -0.25) is 15.1 Å². The topological polar surface area (TPSA) is 106 Å². The van der Waals surface area contributed by atoms with E-state index in [2.05, 4.69) is 22.4 Å². The van der Waals surface area contributed by atoms with Gasteiger partial charge in [0.15, 0.2) is 10.8 Å². The minimum absolute atomic E-state index is 0.225. The van der Waals surface area contributed by atoms with Crippen LogP contribution in [0.2, 0.25) is 0 Å². The predicted octanol–water partition coefficient (Wildman–Crippen LogP) is 4.83. The number of rotatable bonds is 7. The summed E-state index contributed by atoms with van der Waals surface area (Å²) in [6.45, 7) is 2.85. The van der Waals surface area contributed by atoms with Crippen LogP contribution in [0.15, 0.2) is 46.0 Å². The fourth-order valence-corrected chi connectivity index (χ4v) is 4.46. The van der Waals surface area contributed by atoms with Crippen molar-refractivity contribution in [3.8, 4) is 10.8 Å². The molecule has 3 heterocycles. The highest BCUT2D eigenvalue weighted by Crippen LogP contribution is 2.32. The minimum Gasteiger partial charge on any atom is -0.462 e. The smallest absolute Gasteiger partial charge is 0.257 e. The van der Waals surface area contributed by atoms with E-state index in [-0.39, 0.29) is 5.91 Å². The molecule has 1 atom stereocenters. The molecule has 0 fully saturated rings. The van der Waals surface area contributed by atoms with Crippen molar-refractivity contribution in [3.05, 3.63) is 47.7 Å². The van der Waals surface area contributed by atoms with Gasteiger partial charge in [0.1, 0.15) is 0 Å². The van der Waals surface area contributed by atoms with Crippen LogP contribution >= 0.6 is 11.3 Å². The Morgan fingerprint density at radius 2 is 2.23 bits per heavy atom. The fourth-order valence-electron chi connectivity index (χ4n) is 3.75. The molecule has 156 valence electrons. The van der Waals surface area contributed by atoms with E-state index in [1.54, 1.807) is 12.3 Å². The summed E-state index contributed by atoms with van der Waals surface area (Å²) in [5.74, 6) is 0.866. The number of fused-ring (bicyclic) bond motifs is 1. The van der Waals surface area contributed by atoms with Gasteiger partial charge in [0.25, 0.3) is 5.91 Å².